The van der Waals surface area contributed by atoms with Gasteiger partial charge in [-0.05, 0) is 67.9 Å². The Morgan fingerprint density at radius 2 is 0.486 bits per heavy atom. The highest BCUT2D eigenvalue weighted by molar-refractivity contribution is 5.19. The molecule has 8 heterocycles. The third kappa shape index (κ3) is 35.6. The Labute approximate surface area is 621 Å². The Balaban J connectivity index is 0.000000313. The topological polar surface area (TPSA) is 370 Å². The summed E-state index contributed by atoms with van der Waals surface area (Å²) in [5.41, 5.74) is 7.40. The second-order valence-corrected chi connectivity index (χ2v) is 27.5. The van der Waals surface area contributed by atoms with Crippen LogP contribution < -0.4 is 0 Å². The van der Waals surface area contributed by atoms with E-state index in [0.29, 0.717) is 111 Å². The standard InChI is InChI=1S/2C13H15NO2.3C10H17NO2.2C9H15NO2.C7H11NO2/c2*1-10(7-11-5-3-2-4-6-11)13-14-12(8-15)9-16-13;2*1-7(2)4-8(3)10-11-9(5-12)6-13-10;1-3-4-5-8(2)10-11-9(6-12)7-13-10;2*1-3-4-7(2)9-10-8(5-11)6-12-9;1-5(2)7-8-6(3-9)4-10-7/h2*2-6,9-10,15H,7-8H2,1H3;2*6-8,12H,4-5H2,1-3H3;7-8,12H,3-6H2,1-2H3;2*6-7,11H,3-5H2,1-2H3;4-5,9H,3H2,1-2H3/t2*10-;3*8-;2*7-;/m1010010./s1. The third-order valence-corrected chi connectivity index (χ3v) is 16.2. The van der Waals surface area contributed by atoms with Crippen LogP contribution in [0.3, 0.4) is 0 Å². The van der Waals surface area contributed by atoms with E-state index < -0.39 is 0 Å². The van der Waals surface area contributed by atoms with E-state index in [1.807, 2.05) is 50.2 Å². The molecule has 0 fully saturated rings. The lowest BCUT2D eigenvalue weighted by molar-refractivity contribution is 0.276. The molecule has 0 aliphatic heterocycles. The summed E-state index contributed by atoms with van der Waals surface area (Å²) in [5.74, 6) is 9.51. The molecular formula is C81H122N8O16. The van der Waals surface area contributed by atoms with Crippen molar-refractivity contribution in [3.63, 3.8) is 0 Å². The van der Waals surface area contributed by atoms with Crippen LogP contribution in [0.1, 0.15) is 320 Å². The molecule has 582 valence electrons. The summed E-state index contributed by atoms with van der Waals surface area (Å²) >= 11 is 0. The molecule has 24 nitrogen and oxygen atoms in total. The Morgan fingerprint density at radius 3 is 0.686 bits per heavy atom. The van der Waals surface area contributed by atoms with Crippen LogP contribution in [-0.2, 0) is 65.7 Å². The van der Waals surface area contributed by atoms with E-state index in [9.17, 15) is 0 Å². The first-order valence-electron chi connectivity index (χ1n) is 36.9. The summed E-state index contributed by atoms with van der Waals surface area (Å²) < 4.78 is 41.8. The number of nitrogens with zero attached hydrogens (tertiary/aromatic N) is 8. The number of rotatable bonds is 31. The predicted octanol–water partition coefficient (Wildman–Crippen LogP) is 17.6. The number of aromatic nitrogens is 8. The number of hydrogen-bond donors (Lipinski definition) is 8. The molecule has 10 aromatic rings. The molecule has 0 saturated heterocycles. The second-order valence-electron chi connectivity index (χ2n) is 27.5. The van der Waals surface area contributed by atoms with Crippen LogP contribution in [0.5, 0.6) is 0 Å². The van der Waals surface area contributed by atoms with Gasteiger partial charge in [0.05, 0.1) is 52.9 Å². The Morgan fingerprint density at radius 1 is 0.267 bits per heavy atom. The Hall–Kier alpha value is -8.20. The molecule has 0 amide bonds. The fourth-order valence-electron chi connectivity index (χ4n) is 10.5. The Bertz CT molecular complexity index is 3520. The molecule has 7 atom stereocenters. The summed E-state index contributed by atoms with van der Waals surface area (Å²) in [6, 6.07) is 20.5. The normalized spacial score (nSPS) is 12.9. The number of hydrogen-bond acceptors (Lipinski definition) is 24. The van der Waals surface area contributed by atoms with Gasteiger partial charge in [-0.15, -0.1) is 0 Å². The van der Waals surface area contributed by atoms with Gasteiger partial charge in [-0.3, -0.25) is 0 Å². The maximum atomic E-state index is 8.90. The zero-order valence-electron chi connectivity index (χ0n) is 65.0. The van der Waals surface area contributed by atoms with Crippen molar-refractivity contribution < 1.29 is 76.2 Å². The zero-order valence-corrected chi connectivity index (χ0v) is 65.0. The maximum absolute atomic E-state index is 8.90. The Kier molecular flexibility index (Phi) is 45.0. The minimum Gasteiger partial charge on any atom is -0.448 e. The molecule has 105 heavy (non-hydrogen) atoms. The first kappa shape index (κ1) is 91.0. The van der Waals surface area contributed by atoms with Crippen molar-refractivity contribution in [2.24, 2.45) is 11.8 Å². The first-order valence-corrected chi connectivity index (χ1v) is 36.9. The van der Waals surface area contributed by atoms with E-state index in [-0.39, 0.29) is 64.7 Å². The maximum Gasteiger partial charge on any atom is 0.197 e. The van der Waals surface area contributed by atoms with Crippen LogP contribution in [0.15, 0.2) is 146 Å². The number of oxazole rings is 8. The third-order valence-electron chi connectivity index (χ3n) is 16.2. The van der Waals surface area contributed by atoms with Gasteiger partial charge in [0, 0.05) is 47.3 Å². The lowest BCUT2D eigenvalue weighted by Gasteiger charge is -2.09. The molecule has 0 unspecified atom stereocenters. The van der Waals surface area contributed by atoms with Crippen LogP contribution in [0.25, 0.3) is 0 Å². The van der Waals surface area contributed by atoms with Gasteiger partial charge in [0.15, 0.2) is 47.1 Å². The summed E-state index contributed by atoms with van der Waals surface area (Å²) in [6.07, 6.45) is 23.9. The molecule has 8 aromatic heterocycles. The SMILES string of the molecule is CC(C)C[C@@H](C)c1nc(CO)co1.CC(C)C[C@H](C)c1nc(CO)co1.CC(C)c1nc(CO)co1.CCCC[C@H](C)c1nc(CO)co1.CCC[C@@H](C)c1nc(CO)co1.CCC[C@H](C)c1nc(CO)co1.C[C@@H](Cc1ccccc1)c1nc(CO)co1.C[C@H](Cc1ccccc1)c1nc(CO)co1. The van der Waals surface area contributed by atoms with Gasteiger partial charge in [-0.2, -0.15) is 0 Å². The predicted molar refractivity (Wildman–Crippen MR) is 401 cm³/mol. The van der Waals surface area contributed by atoms with Gasteiger partial charge in [0.1, 0.15) is 95.7 Å². The van der Waals surface area contributed by atoms with Crippen molar-refractivity contribution in [2.45, 2.75) is 282 Å². The first-order chi connectivity index (χ1) is 50.4. The fourth-order valence-corrected chi connectivity index (χ4v) is 10.5. The van der Waals surface area contributed by atoms with Crippen LogP contribution in [0.2, 0.25) is 0 Å². The molecule has 0 saturated carbocycles. The highest BCUT2D eigenvalue weighted by Gasteiger charge is 2.19. The molecule has 24 heteroatoms. The monoisotopic (exact) mass is 1460 g/mol. The molecule has 10 rings (SSSR count). The number of aliphatic hydroxyl groups is 8. The average Bonchev–Trinajstić information content (AvgIpc) is 1.88. The van der Waals surface area contributed by atoms with Crippen molar-refractivity contribution in [1.29, 1.82) is 0 Å². The smallest absolute Gasteiger partial charge is 0.197 e. The molecular weight excluding hydrogens is 1340 g/mol. The van der Waals surface area contributed by atoms with Crippen molar-refractivity contribution >= 4 is 0 Å². The molecule has 0 aliphatic rings. The van der Waals surface area contributed by atoms with Gasteiger partial charge in [-0.25, -0.2) is 39.9 Å². The highest BCUT2D eigenvalue weighted by Crippen LogP contribution is 2.27. The number of unbranched alkanes of at least 4 members (excludes halogenated alkanes) is 1. The van der Waals surface area contributed by atoms with Crippen molar-refractivity contribution in [3.05, 3.63) is 215 Å². The zero-order chi connectivity index (χ0) is 77.6. The van der Waals surface area contributed by atoms with Crippen LogP contribution >= 0.6 is 0 Å². The second kappa shape index (κ2) is 51.9. The summed E-state index contributed by atoms with van der Waals surface area (Å²) in [4.78, 5) is 33.2. The van der Waals surface area contributed by atoms with E-state index in [1.54, 1.807) is 0 Å². The number of aliphatic hydroxyl groups excluding tert-OH is 8. The van der Waals surface area contributed by atoms with Gasteiger partial charge < -0.3 is 76.2 Å². The minimum absolute atomic E-state index is 0.0377. The van der Waals surface area contributed by atoms with E-state index in [1.165, 1.54) is 74.1 Å². The summed E-state index contributed by atoms with van der Waals surface area (Å²) in [5, 5.41) is 70.3. The van der Waals surface area contributed by atoms with Crippen molar-refractivity contribution in [2.75, 3.05) is 0 Å². The van der Waals surface area contributed by atoms with Crippen molar-refractivity contribution in [1.82, 2.24) is 39.9 Å². The van der Waals surface area contributed by atoms with Crippen LogP contribution in [0, 0.1) is 11.8 Å². The van der Waals surface area contributed by atoms with E-state index in [0.717, 1.165) is 87.2 Å². The van der Waals surface area contributed by atoms with E-state index in [2.05, 4.69) is 161 Å². The average molecular weight is 1460 g/mol. The van der Waals surface area contributed by atoms with Crippen molar-refractivity contribution in [3.8, 4) is 0 Å². The number of benzene rings is 2. The van der Waals surface area contributed by atoms with Gasteiger partial charge in [0.25, 0.3) is 0 Å². The fraction of sp³-hybridized carbons (Fsp3) is 0.556. The molecule has 0 spiro atoms. The quantitative estimate of drug-likeness (QED) is 0.0200. The van der Waals surface area contributed by atoms with Gasteiger partial charge in [0.2, 0.25) is 0 Å². The van der Waals surface area contributed by atoms with Gasteiger partial charge in [-0.1, -0.05) is 197 Å². The van der Waals surface area contributed by atoms with Gasteiger partial charge >= 0.3 is 0 Å². The summed E-state index contributed by atoms with van der Waals surface area (Å²) in [6.45, 7) is 33.3. The molecule has 0 radical (unpaired) electrons. The van der Waals surface area contributed by atoms with E-state index >= 15 is 0 Å². The molecule has 8 N–H and O–H groups in total. The molecule has 0 aliphatic carbocycles. The minimum atomic E-state index is -0.0679. The molecule has 2 aromatic carbocycles. The van der Waals surface area contributed by atoms with Crippen LogP contribution in [-0.4, -0.2) is 80.7 Å². The largest absolute Gasteiger partial charge is 0.448 e. The summed E-state index contributed by atoms with van der Waals surface area (Å²) in [7, 11) is 0. The lowest BCUT2D eigenvalue weighted by atomic mass is 9.99. The van der Waals surface area contributed by atoms with E-state index in [4.69, 9.17) is 76.2 Å². The highest BCUT2D eigenvalue weighted by atomic mass is 16.4. The lowest BCUT2D eigenvalue weighted by Crippen LogP contribution is -1.99. The molecule has 0 bridgehead atoms. The van der Waals surface area contributed by atoms with Crippen LogP contribution in [0.4, 0.5) is 0 Å².